The van der Waals surface area contributed by atoms with E-state index in [1.165, 1.54) is 28.5 Å². The molecule has 7 nitrogen and oxygen atoms in total. The minimum atomic E-state index is -1.04. The maximum Gasteiger partial charge on any atom is 0.344 e. The van der Waals surface area contributed by atoms with Crippen LogP contribution < -0.4 is 11.4 Å². The predicted molar refractivity (Wildman–Crippen MR) is 75.2 cm³/mol. The second-order valence-corrected chi connectivity index (χ2v) is 5.44. The summed E-state index contributed by atoms with van der Waals surface area (Å²) in [5, 5.41) is 15.7. The SMILES string of the molecule is CC(C)n1c(Sc2ccc(C(=O)O)cc2N)n[nH]c1=O. The van der Waals surface area contributed by atoms with Crippen LogP contribution in [0.4, 0.5) is 5.69 Å². The molecule has 2 aromatic rings. The van der Waals surface area contributed by atoms with Crippen molar-refractivity contribution < 1.29 is 9.90 Å². The molecule has 0 radical (unpaired) electrons. The van der Waals surface area contributed by atoms with Gasteiger partial charge in [-0.25, -0.2) is 14.7 Å². The Labute approximate surface area is 118 Å². The van der Waals surface area contributed by atoms with Gasteiger partial charge in [0.15, 0.2) is 5.16 Å². The lowest BCUT2D eigenvalue weighted by Gasteiger charge is -2.10. The monoisotopic (exact) mass is 294 g/mol. The Morgan fingerprint density at radius 1 is 1.50 bits per heavy atom. The van der Waals surface area contributed by atoms with E-state index in [4.69, 9.17) is 10.8 Å². The van der Waals surface area contributed by atoms with Gasteiger partial charge in [-0.2, -0.15) is 0 Å². The number of hydrogen-bond donors (Lipinski definition) is 3. The first kappa shape index (κ1) is 14.2. The molecule has 20 heavy (non-hydrogen) atoms. The Balaban J connectivity index is 2.36. The van der Waals surface area contributed by atoms with Crippen molar-refractivity contribution >= 4 is 23.4 Å². The van der Waals surface area contributed by atoms with Gasteiger partial charge in [0.1, 0.15) is 0 Å². The van der Waals surface area contributed by atoms with Crippen LogP contribution in [-0.2, 0) is 0 Å². The van der Waals surface area contributed by atoms with Crippen molar-refractivity contribution in [2.75, 3.05) is 5.73 Å². The number of rotatable bonds is 4. The lowest BCUT2D eigenvalue weighted by Crippen LogP contribution is -2.19. The second kappa shape index (κ2) is 5.41. The molecule has 0 saturated heterocycles. The van der Waals surface area contributed by atoms with Gasteiger partial charge in [0.2, 0.25) is 0 Å². The van der Waals surface area contributed by atoms with E-state index in [9.17, 15) is 9.59 Å². The summed E-state index contributed by atoms with van der Waals surface area (Å²) in [4.78, 5) is 23.1. The lowest BCUT2D eigenvalue weighted by molar-refractivity contribution is 0.0697. The molecule has 1 aromatic heterocycles. The number of nitrogens with zero attached hydrogens (tertiary/aromatic N) is 2. The summed E-state index contributed by atoms with van der Waals surface area (Å²) in [7, 11) is 0. The zero-order valence-electron chi connectivity index (χ0n) is 11.0. The first-order valence-corrected chi connectivity index (χ1v) is 6.69. The van der Waals surface area contributed by atoms with Crippen LogP contribution in [0.2, 0.25) is 0 Å². The summed E-state index contributed by atoms with van der Waals surface area (Å²) >= 11 is 1.21. The topological polar surface area (TPSA) is 114 Å². The molecule has 0 atom stereocenters. The third-order valence-corrected chi connectivity index (χ3v) is 3.71. The predicted octanol–water partition coefficient (Wildman–Crippen LogP) is 1.58. The average Bonchev–Trinajstić information content (AvgIpc) is 2.72. The number of nitrogens with one attached hydrogen (secondary N) is 1. The summed E-state index contributed by atoms with van der Waals surface area (Å²) < 4.78 is 1.51. The molecular weight excluding hydrogens is 280 g/mol. The molecule has 1 heterocycles. The standard InChI is InChI=1S/C12H14N4O3S/c1-6(2)16-11(19)14-15-12(16)20-9-4-3-7(10(17)18)5-8(9)13/h3-6H,13H2,1-2H3,(H,14,19)(H,17,18). The number of aromatic amines is 1. The number of carbonyl (C=O) groups is 1. The lowest BCUT2D eigenvalue weighted by atomic mass is 10.2. The maximum atomic E-state index is 11.6. The molecule has 1 aromatic carbocycles. The fourth-order valence-corrected chi connectivity index (χ4v) is 2.68. The van der Waals surface area contributed by atoms with E-state index in [1.807, 2.05) is 13.8 Å². The molecule has 4 N–H and O–H groups in total. The van der Waals surface area contributed by atoms with Crippen LogP contribution >= 0.6 is 11.8 Å². The highest BCUT2D eigenvalue weighted by molar-refractivity contribution is 7.99. The first-order valence-electron chi connectivity index (χ1n) is 5.87. The Kier molecular flexibility index (Phi) is 3.84. The molecule has 0 aliphatic carbocycles. The molecule has 0 saturated carbocycles. The Morgan fingerprint density at radius 2 is 2.20 bits per heavy atom. The summed E-state index contributed by atoms with van der Waals surface area (Å²) in [5.41, 5.74) is 6.00. The van der Waals surface area contributed by atoms with Crippen molar-refractivity contribution in [3.63, 3.8) is 0 Å². The summed E-state index contributed by atoms with van der Waals surface area (Å²) in [6.07, 6.45) is 0. The number of carboxylic acids is 1. The number of nitrogens with two attached hydrogens (primary N) is 1. The number of H-pyrrole nitrogens is 1. The molecule has 8 heteroatoms. The van der Waals surface area contributed by atoms with Crippen molar-refractivity contribution in [1.82, 2.24) is 14.8 Å². The Bertz CT molecular complexity index is 705. The van der Waals surface area contributed by atoms with Crippen LogP contribution in [0.1, 0.15) is 30.2 Å². The number of anilines is 1. The van der Waals surface area contributed by atoms with Gasteiger partial charge in [0, 0.05) is 16.6 Å². The minimum absolute atomic E-state index is 0.0386. The number of aromatic nitrogens is 3. The number of carboxylic acid groups (broad SMARTS) is 1. The molecular formula is C12H14N4O3S. The van der Waals surface area contributed by atoms with Crippen molar-refractivity contribution in [2.24, 2.45) is 0 Å². The molecule has 0 unspecified atom stereocenters. The Hall–Kier alpha value is -2.22. The maximum absolute atomic E-state index is 11.6. The fourth-order valence-electron chi connectivity index (χ4n) is 1.69. The van der Waals surface area contributed by atoms with Crippen LogP contribution in [0, 0.1) is 0 Å². The Morgan fingerprint density at radius 3 is 2.75 bits per heavy atom. The average molecular weight is 294 g/mol. The highest BCUT2D eigenvalue weighted by Crippen LogP contribution is 2.31. The number of benzene rings is 1. The summed E-state index contributed by atoms with van der Waals surface area (Å²) in [6.45, 7) is 3.75. The van der Waals surface area contributed by atoms with E-state index in [1.54, 1.807) is 6.07 Å². The van der Waals surface area contributed by atoms with Crippen molar-refractivity contribution in [3.05, 3.63) is 34.2 Å². The van der Waals surface area contributed by atoms with E-state index in [0.717, 1.165) is 0 Å². The van der Waals surface area contributed by atoms with Gasteiger partial charge < -0.3 is 10.8 Å². The van der Waals surface area contributed by atoms with Crippen molar-refractivity contribution in [2.45, 2.75) is 29.9 Å². The molecule has 0 spiro atoms. The third kappa shape index (κ3) is 2.69. The van der Waals surface area contributed by atoms with Crippen molar-refractivity contribution in [3.8, 4) is 0 Å². The molecule has 0 fully saturated rings. The summed E-state index contributed by atoms with van der Waals surface area (Å²) in [5.74, 6) is -1.04. The minimum Gasteiger partial charge on any atom is -0.478 e. The van der Waals surface area contributed by atoms with Gasteiger partial charge >= 0.3 is 11.7 Å². The van der Waals surface area contributed by atoms with E-state index in [0.29, 0.717) is 15.7 Å². The quantitative estimate of drug-likeness (QED) is 0.738. The van der Waals surface area contributed by atoms with Gasteiger partial charge in [0.25, 0.3) is 0 Å². The van der Waals surface area contributed by atoms with Gasteiger partial charge in [0.05, 0.1) is 5.56 Å². The van der Waals surface area contributed by atoms with Crippen LogP contribution in [0.3, 0.4) is 0 Å². The number of nitrogen functional groups attached to an aromatic ring is 1. The fraction of sp³-hybridized carbons (Fsp3) is 0.250. The highest BCUT2D eigenvalue weighted by atomic mass is 32.2. The molecule has 0 aliphatic heterocycles. The largest absolute Gasteiger partial charge is 0.478 e. The van der Waals surface area contributed by atoms with E-state index < -0.39 is 5.97 Å². The molecule has 106 valence electrons. The van der Waals surface area contributed by atoms with Gasteiger partial charge in [-0.05, 0) is 43.8 Å². The molecule has 0 amide bonds. The second-order valence-electron chi connectivity index (χ2n) is 4.43. The van der Waals surface area contributed by atoms with Crippen molar-refractivity contribution in [1.29, 1.82) is 0 Å². The summed E-state index contributed by atoms with van der Waals surface area (Å²) in [6, 6.07) is 4.41. The van der Waals surface area contributed by atoms with Crippen LogP contribution in [0.15, 0.2) is 33.0 Å². The van der Waals surface area contributed by atoms with Gasteiger partial charge in [-0.15, -0.1) is 5.10 Å². The smallest absolute Gasteiger partial charge is 0.344 e. The highest BCUT2D eigenvalue weighted by Gasteiger charge is 2.14. The molecule has 0 aliphatic rings. The zero-order chi connectivity index (χ0) is 14.9. The molecule has 0 bridgehead atoms. The third-order valence-electron chi connectivity index (χ3n) is 2.65. The van der Waals surface area contributed by atoms with Crippen LogP contribution in [0.25, 0.3) is 0 Å². The number of hydrogen-bond acceptors (Lipinski definition) is 5. The van der Waals surface area contributed by atoms with Gasteiger partial charge in [-0.3, -0.25) is 4.57 Å². The van der Waals surface area contributed by atoms with E-state index in [2.05, 4.69) is 10.2 Å². The normalized spacial score (nSPS) is 10.9. The number of aromatic carboxylic acids is 1. The first-order chi connectivity index (χ1) is 9.40. The van der Waals surface area contributed by atoms with Crippen LogP contribution in [-0.4, -0.2) is 25.8 Å². The van der Waals surface area contributed by atoms with E-state index >= 15 is 0 Å². The zero-order valence-corrected chi connectivity index (χ0v) is 11.8. The van der Waals surface area contributed by atoms with Gasteiger partial charge in [-0.1, -0.05) is 0 Å². The van der Waals surface area contributed by atoms with Crippen LogP contribution in [0.5, 0.6) is 0 Å². The van der Waals surface area contributed by atoms with E-state index in [-0.39, 0.29) is 17.3 Å². The molecule has 2 rings (SSSR count).